The van der Waals surface area contributed by atoms with Gasteiger partial charge in [-0.2, -0.15) is 0 Å². The molecule has 0 radical (unpaired) electrons. The van der Waals surface area contributed by atoms with Gasteiger partial charge in [0.15, 0.2) is 0 Å². The molecule has 0 unspecified atom stereocenters. The maximum atomic E-state index is 2.37. The predicted molar refractivity (Wildman–Crippen MR) is 220 cm³/mol. The molecule has 0 atom stereocenters. The summed E-state index contributed by atoms with van der Waals surface area (Å²) in [5.41, 5.74) is 1.46. The fraction of sp³-hybridized carbons (Fsp3) is 0.870. The van der Waals surface area contributed by atoms with Crippen molar-refractivity contribution < 1.29 is 8.97 Å². The van der Waals surface area contributed by atoms with Gasteiger partial charge in [-0.25, -0.2) is 0 Å². The molecule has 284 valence electrons. The Bertz CT molecular complexity index is 734. The second-order valence-electron chi connectivity index (χ2n) is 17.2. The van der Waals surface area contributed by atoms with E-state index < -0.39 is 0 Å². The van der Waals surface area contributed by atoms with Crippen LogP contribution in [0.25, 0.3) is 0 Å². The lowest BCUT2D eigenvalue weighted by atomic mass is 10.0. The van der Waals surface area contributed by atoms with E-state index in [-0.39, 0.29) is 0 Å². The molecular weight excluding hydrogens is 581 g/mol. The first-order chi connectivity index (χ1) is 23.2. The zero-order chi connectivity index (χ0) is 35.4. The van der Waals surface area contributed by atoms with E-state index >= 15 is 0 Å². The summed E-state index contributed by atoms with van der Waals surface area (Å²) in [6, 6.07) is 10.9. The molecule has 0 aliphatic carbocycles. The molecule has 0 bridgehead atoms. The van der Waals surface area contributed by atoms with Crippen molar-refractivity contribution in [1.82, 2.24) is 0 Å². The van der Waals surface area contributed by atoms with Crippen molar-refractivity contribution in [2.45, 2.75) is 213 Å². The van der Waals surface area contributed by atoms with Gasteiger partial charge < -0.3 is 8.97 Å². The lowest BCUT2D eigenvalue weighted by Crippen LogP contribution is -2.39. The number of rotatable bonds is 34. The van der Waals surface area contributed by atoms with Crippen molar-refractivity contribution >= 4 is 0 Å². The Morgan fingerprint density at radius 2 is 0.604 bits per heavy atom. The molecule has 2 nitrogen and oxygen atoms in total. The van der Waals surface area contributed by atoms with Crippen LogP contribution in [0.3, 0.4) is 0 Å². The molecule has 0 fully saturated rings. The number of hydrogen-bond donors (Lipinski definition) is 0. The Hall–Kier alpha value is -0.860. The fourth-order valence-electron chi connectivity index (χ4n) is 7.03. The van der Waals surface area contributed by atoms with E-state index in [1.54, 1.807) is 0 Å². The van der Waals surface area contributed by atoms with E-state index in [1.807, 2.05) is 0 Å². The van der Waals surface area contributed by atoms with Gasteiger partial charge in [0.05, 0.1) is 48.3 Å². The summed E-state index contributed by atoms with van der Waals surface area (Å²) in [6.07, 6.45) is 43.5. The maximum absolute atomic E-state index is 2.37. The third-order valence-corrected chi connectivity index (χ3v) is 10.3. The molecule has 1 aromatic carbocycles. The molecule has 0 N–H and O–H groups in total. The highest BCUT2D eigenvalue weighted by atomic mass is 15.3. The van der Waals surface area contributed by atoms with Crippen LogP contribution in [0.1, 0.15) is 212 Å². The highest BCUT2D eigenvalue weighted by Gasteiger charge is 2.15. The molecule has 1 aromatic rings. The van der Waals surface area contributed by atoms with Crippen LogP contribution in [0.15, 0.2) is 30.3 Å². The first kappa shape index (κ1) is 47.1. The Morgan fingerprint density at radius 1 is 0.333 bits per heavy atom. The third kappa shape index (κ3) is 38.0. The van der Waals surface area contributed by atoms with Crippen molar-refractivity contribution in [3.05, 3.63) is 35.9 Å². The zero-order valence-corrected chi connectivity index (χ0v) is 34.6. The molecule has 0 aromatic heterocycles. The fourth-order valence-corrected chi connectivity index (χ4v) is 7.03. The second-order valence-corrected chi connectivity index (χ2v) is 17.2. The quantitative estimate of drug-likeness (QED) is 0.0505. The Morgan fingerprint density at radius 3 is 0.896 bits per heavy atom. The lowest BCUT2D eigenvalue weighted by molar-refractivity contribution is -0.903. The summed E-state index contributed by atoms with van der Waals surface area (Å²) < 4.78 is 2.24. The van der Waals surface area contributed by atoms with Gasteiger partial charge in [0.2, 0.25) is 0 Å². The smallest absolute Gasteiger partial charge is 0.104 e. The van der Waals surface area contributed by atoms with Crippen LogP contribution in [-0.4, -0.2) is 57.3 Å². The summed E-state index contributed by atoms with van der Waals surface area (Å²) in [7, 11) is 11.6. The highest BCUT2D eigenvalue weighted by molar-refractivity contribution is 5.13. The van der Waals surface area contributed by atoms with Gasteiger partial charge in [-0.1, -0.05) is 211 Å². The molecule has 0 aliphatic heterocycles. The van der Waals surface area contributed by atoms with E-state index in [2.05, 4.69) is 79.4 Å². The van der Waals surface area contributed by atoms with Crippen LogP contribution in [0.5, 0.6) is 0 Å². The van der Waals surface area contributed by atoms with Gasteiger partial charge in [0.25, 0.3) is 0 Å². The summed E-state index contributed by atoms with van der Waals surface area (Å²) in [5, 5.41) is 0. The highest BCUT2D eigenvalue weighted by Crippen LogP contribution is 2.16. The topological polar surface area (TPSA) is 0 Å². The van der Waals surface area contributed by atoms with Gasteiger partial charge in [0.1, 0.15) is 6.54 Å². The van der Waals surface area contributed by atoms with Crippen LogP contribution < -0.4 is 0 Å². The third-order valence-electron chi connectivity index (χ3n) is 10.3. The molecule has 0 heterocycles. The molecule has 0 amide bonds. The molecule has 0 saturated carbocycles. The summed E-state index contributed by atoms with van der Waals surface area (Å²) >= 11 is 0. The summed E-state index contributed by atoms with van der Waals surface area (Å²) in [5.74, 6) is 0. The number of benzene rings is 1. The summed E-state index contributed by atoms with van der Waals surface area (Å²) in [6.45, 7) is 8.38. The van der Waals surface area contributed by atoms with E-state index in [0.29, 0.717) is 0 Å². The van der Waals surface area contributed by atoms with Crippen LogP contribution in [0.2, 0.25) is 0 Å². The minimum Gasteiger partial charge on any atom is -0.331 e. The van der Waals surface area contributed by atoms with Crippen LogP contribution in [0, 0.1) is 0 Å². The predicted octanol–water partition coefficient (Wildman–Crippen LogP) is 14.7. The number of unbranched alkanes of at least 4 members (excludes halogenated alkanes) is 28. The molecule has 0 saturated heterocycles. The first-order valence-electron chi connectivity index (χ1n) is 21.9. The minimum atomic E-state index is 1.11. The Labute approximate surface area is 305 Å². The number of quaternary nitrogens is 2. The lowest BCUT2D eigenvalue weighted by Gasteiger charge is -2.30. The molecule has 1 rings (SSSR count). The van der Waals surface area contributed by atoms with E-state index in [4.69, 9.17) is 0 Å². The van der Waals surface area contributed by atoms with Crippen molar-refractivity contribution in [1.29, 1.82) is 0 Å². The first-order valence-corrected chi connectivity index (χ1v) is 21.9. The maximum Gasteiger partial charge on any atom is 0.104 e. The normalized spacial score (nSPS) is 11.9. The van der Waals surface area contributed by atoms with E-state index in [0.717, 1.165) is 15.5 Å². The zero-order valence-electron chi connectivity index (χ0n) is 34.6. The van der Waals surface area contributed by atoms with E-state index in [9.17, 15) is 0 Å². The van der Waals surface area contributed by atoms with Crippen molar-refractivity contribution in [3.63, 3.8) is 0 Å². The van der Waals surface area contributed by atoms with Gasteiger partial charge in [-0.05, 0) is 25.7 Å². The molecule has 2 heteroatoms. The van der Waals surface area contributed by atoms with Crippen LogP contribution in [0.4, 0.5) is 0 Å². The second kappa shape index (κ2) is 34.6. The molecular formula is C46H92N2+2. The molecule has 0 aliphatic rings. The Kier molecular flexibility index (Phi) is 34.0. The van der Waals surface area contributed by atoms with Gasteiger partial charge in [-0.3, -0.25) is 0 Å². The Balaban J connectivity index is 0.000000977. The number of nitrogens with zero attached hydrogens (tertiary/aromatic N) is 2. The standard InChI is InChI=1S/C27H50N.C19H42N/c1-4-5-6-7-8-9-10-11-12-13-14-15-16-17-18-22-25-28(2,3)26-27-23-20-19-21-24-27;1-5-6-7-8-9-10-11-12-13-14-15-16-17-18-19-20(2,3)4/h19-21,23-24H,4-18,22,25-26H2,1-3H3;5-19H2,1-4H3/q2*+1. The van der Waals surface area contributed by atoms with Gasteiger partial charge >= 0.3 is 0 Å². The molecule has 0 spiro atoms. The van der Waals surface area contributed by atoms with Crippen molar-refractivity contribution in [2.24, 2.45) is 0 Å². The van der Waals surface area contributed by atoms with Crippen molar-refractivity contribution in [3.8, 4) is 0 Å². The number of hydrogen-bond acceptors (Lipinski definition) is 0. The van der Waals surface area contributed by atoms with Crippen LogP contribution in [-0.2, 0) is 6.54 Å². The summed E-state index contributed by atoms with van der Waals surface area (Å²) in [4.78, 5) is 0. The van der Waals surface area contributed by atoms with Gasteiger partial charge in [-0.15, -0.1) is 0 Å². The molecule has 48 heavy (non-hydrogen) atoms. The average Bonchev–Trinajstić information content (AvgIpc) is 3.05. The largest absolute Gasteiger partial charge is 0.331 e. The average molecular weight is 673 g/mol. The SMILES string of the molecule is CCCCCCCCCCCCCCCCCC[N+](C)(C)Cc1ccccc1.CCCCCCCCCCCCCCCC[N+](C)(C)C. The van der Waals surface area contributed by atoms with E-state index in [1.165, 1.54) is 211 Å². The van der Waals surface area contributed by atoms with Crippen molar-refractivity contribution in [2.75, 3.05) is 48.3 Å². The van der Waals surface area contributed by atoms with Crippen LogP contribution >= 0.6 is 0 Å². The van der Waals surface area contributed by atoms with Gasteiger partial charge in [0, 0.05) is 5.56 Å². The minimum absolute atomic E-state index is 1.11. The monoisotopic (exact) mass is 673 g/mol.